The maximum atomic E-state index is 12.8. The number of hydrogen-bond acceptors (Lipinski definition) is 4. The molecule has 0 bridgehead atoms. The molecule has 1 aromatic carbocycles. The topological polar surface area (TPSA) is 92.3 Å². The van der Waals surface area contributed by atoms with Crippen LogP contribution in [0.25, 0.3) is 0 Å². The second-order valence-electron chi connectivity index (χ2n) is 11.6. The van der Waals surface area contributed by atoms with Crippen LogP contribution >= 0.6 is 0 Å². The van der Waals surface area contributed by atoms with Gasteiger partial charge in [-0.1, -0.05) is 27.7 Å². The lowest BCUT2D eigenvalue weighted by Gasteiger charge is -2.16. The first-order valence-corrected chi connectivity index (χ1v) is 12.1. The van der Waals surface area contributed by atoms with Crippen LogP contribution in [-0.4, -0.2) is 23.4 Å². The lowest BCUT2D eigenvalue weighted by atomic mass is 9.96. The molecule has 2 fully saturated rings. The molecule has 2 saturated carbocycles. The molecule has 0 radical (unpaired) electrons. The van der Waals surface area contributed by atoms with E-state index in [9.17, 15) is 19.2 Å². The zero-order chi connectivity index (χ0) is 24.7. The van der Waals surface area contributed by atoms with Crippen molar-refractivity contribution in [2.24, 2.45) is 34.5 Å². The minimum atomic E-state index is -0.278. The van der Waals surface area contributed by atoms with Gasteiger partial charge in [-0.3, -0.25) is 19.2 Å². The molecule has 6 nitrogen and oxygen atoms in total. The summed E-state index contributed by atoms with van der Waals surface area (Å²) in [6.45, 7) is 11.8. The summed E-state index contributed by atoms with van der Waals surface area (Å²) in [5.41, 5.74) is 4.09. The fourth-order valence-corrected chi connectivity index (χ4v) is 6.72. The van der Waals surface area contributed by atoms with Crippen LogP contribution in [0.4, 0.5) is 0 Å². The van der Waals surface area contributed by atoms with E-state index >= 15 is 0 Å². The molecule has 4 aliphatic carbocycles. The van der Waals surface area contributed by atoms with Gasteiger partial charge in [-0.25, -0.2) is 0 Å². The number of hydrogen-bond donors (Lipinski definition) is 2. The molecule has 2 amide bonds. The van der Waals surface area contributed by atoms with Gasteiger partial charge in [0.2, 0.25) is 0 Å². The Kier molecular flexibility index (Phi) is 4.84. The molecule has 178 valence electrons. The molecule has 34 heavy (non-hydrogen) atoms. The summed E-state index contributed by atoms with van der Waals surface area (Å²) in [5.74, 6) is 0.767. The Morgan fingerprint density at radius 2 is 1.00 bits per heavy atom. The highest BCUT2D eigenvalue weighted by Gasteiger charge is 2.64. The van der Waals surface area contributed by atoms with Crippen LogP contribution in [0.2, 0.25) is 0 Å². The van der Waals surface area contributed by atoms with E-state index in [2.05, 4.69) is 38.3 Å². The number of nitrogens with one attached hydrogen (secondary N) is 2. The molecule has 0 heterocycles. The van der Waals surface area contributed by atoms with Gasteiger partial charge in [0, 0.05) is 33.7 Å². The molecule has 0 aliphatic heterocycles. The van der Waals surface area contributed by atoms with Crippen molar-refractivity contribution >= 4 is 23.4 Å². The molecule has 0 spiro atoms. The second-order valence-corrected chi connectivity index (χ2v) is 11.6. The molecule has 5 rings (SSSR count). The minimum Gasteiger partial charge on any atom is -0.325 e. The van der Waals surface area contributed by atoms with Crippen molar-refractivity contribution in [3.05, 3.63) is 57.9 Å². The molecule has 1 aromatic rings. The van der Waals surface area contributed by atoms with Crippen LogP contribution in [0, 0.1) is 34.5 Å². The van der Waals surface area contributed by atoms with Crippen molar-refractivity contribution in [3.8, 4) is 0 Å². The summed E-state index contributed by atoms with van der Waals surface area (Å²) < 4.78 is 0. The maximum Gasteiger partial charge on any atom is 0.255 e. The lowest BCUT2D eigenvalue weighted by Crippen LogP contribution is -2.27. The average Bonchev–Trinajstić information content (AvgIpc) is 3.26. The first-order valence-electron chi connectivity index (χ1n) is 12.1. The Balaban J connectivity index is 1.27. The normalized spacial score (nSPS) is 29.4. The summed E-state index contributed by atoms with van der Waals surface area (Å²) in [5, 5.41) is 5.89. The third-order valence-electron chi connectivity index (χ3n) is 8.92. The van der Waals surface area contributed by atoms with Crippen molar-refractivity contribution in [2.45, 2.75) is 54.4 Å². The summed E-state index contributed by atoms with van der Waals surface area (Å²) in [6.07, 6.45) is 1.43. The van der Waals surface area contributed by atoms with E-state index in [0.29, 0.717) is 35.8 Å². The Labute approximate surface area is 200 Å². The fraction of sp³-hybridized carbons (Fsp3) is 0.500. The van der Waals surface area contributed by atoms with E-state index in [0.717, 1.165) is 22.5 Å². The van der Waals surface area contributed by atoms with Gasteiger partial charge in [0.25, 0.3) is 11.8 Å². The van der Waals surface area contributed by atoms with Gasteiger partial charge in [0.05, 0.1) is 0 Å². The molecule has 6 heteroatoms. The van der Waals surface area contributed by atoms with Crippen molar-refractivity contribution in [1.82, 2.24) is 10.6 Å². The Morgan fingerprint density at radius 3 is 1.29 bits per heavy atom. The van der Waals surface area contributed by atoms with Gasteiger partial charge < -0.3 is 10.6 Å². The van der Waals surface area contributed by atoms with Gasteiger partial charge in [-0.05, 0) is 85.5 Å². The number of benzene rings is 1. The van der Waals surface area contributed by atoms with Crippen LogP contribution in [0.3, 0.4) is 0 Å². The predicted molar refractivity (Wildman–Crippen MR) is 128 cm³/mol. The number of Topliss-reactive ketones (excluding diaryl/α,β-unsaturated/α-hetero) is 2. The van der Waals surface area contributed by atoms with Gasteiger partial charge in [-0.15, -0.1) is 0 Å². The maximum absolute atomic E-state index is 12.8. The van der Waals surface area contributed by atoms with Crippen LogP contribution < -0.4 is 10.6 Å². The van der Waals surface area contributed by atoms with Crippen LogP contribution in [0.5, 0.6) is 0 Å². The molecule has 2 N–H and O–H groups in total. The van der Waals surface area contributed by atoms with Gasteiger partial charge in [0.1, 0.15) is 0 Å². The van der Waals surface area contributed by atoms with Gasteiger partial charge >= 0.3 is 0 Å². The van der Waals surface area contributed by atoms with Crippen LogP contribution in [0.1, 0.15) is 75.1 Å². The van der Waals surface area contributed by atoms with Crippen molar-refractivity contribution in [3.63, 3.8) is 0 Å². The van der Waals surface area contributed by atoms with E-state index in [1.807, 2.05) is 0 Å². The lowest BCUT2D eigenvalue weighted by molar-refractivity contribution is -0.114. The third kappa shape index (κ3) is 3.29. The number of carbonyl (C=O) groups is 4. The largest absolute Gasteiger partial charge is 0.325 e. The number of allylic oxidation sites excluding steroid dienone is 4. The smallest absolute Gasteiger partial charge is 0.255 e. The van der Waals surface area contributed by atoms with E-state index in [4.69, 9.17) is 0 Å². The van der Waals surface area contributed by atoms with E-state index in [1.54, 1.807) is 38.1 Å². The zero-order valence-electron chi connectivity index (χ0n) is 20.7. The number of rotatable bonds is 6. The summed E-state index contributed by atoms with van der Waals surface area (Å²) in [7, 11) is 0. The summed E-state index contributed by atoms with van der Waals surface area (Å²) in [6, 6.07) is 6.47. The summed E-state index contributed by atoms with van der Waals surface area (Å²) in [4.78, 5) is 50.1. The first-order chi connectivity index (χ1) is 15.9. The van der Waals surface area contributed by atoms with Crippen molar-refractivity contribution in [1.29, 1.82) is 0 Å². The molecule has 4 unspecified atom stereocenters. The Hall–Kier alpha value is -3.02. The molecule has 0 saturated heterocycles. The SMILES string of the molecule is CC(=O)C1=C(NC(=O)c2ccc(C(=O)NC3=C(C(C)=O)C4C(C3)C4(C)C)cc2)CC2C1C2(C)C. The van der Waals surface area contributed by atoms with Crippen molar-refractivity contribution < 1.29 is 19.2 Å². The van der Waals surface area contributed by atoms with E-state index < -0.39 is 0 Å². The number of carbonyl (C=O) groups excluding carboxylic acids is 4. The van der Waals surface area contributed by atoms with Crippen LogP contribution in [-0.2, 0) is 9.59 Å². The second kappa shape index (κ2) is 7.24. The average molecular weight is 461 g/mol. The van der Waals surface area contributed by atoms with E-state index in [1.165, 1.54) is 0 Å². The van der Waals surface area contributed by atoms with Crippen molar-refractivity contribution in [2.75, 3.05) is 0 Å². The number of ketones is 2. The number of fused-ring (bicyclic) bond motifs is 2. The first kappa shape index (κ1) is 22.8. The molecular weight excluding hydrogens is 428 g/mol. The zero-order valence-corrected chi connectivity index (χ0v) is 20.7. The molecule has 0 aromatic heterocycles. The van der Waals surface area contributed by atoms with Crippen LogP contribution in [0.15, 0.2) is 46.8 Å². The standard InChI is InChI=1S/C28H32N2O4/c1-13(31)21-19(11-17-23(21)27(17,3)4)29-25(33)15-7-9-16(10-8-15)26(34)30-20-12-18-24(28(18,5)6)22(20)14(2)32/h7-10,17-18,23-24H,11-12H2,1-6H3,(H,29,33)(H,30,34). The number of amides is 2. The predicted octanol–water partition coefficient (Wildman–Crippen LogP) is 4.18. The monoisotopic (exact) mass is 460 g/mol. The minimum absolute atomic E-state index is 0.0209. The highest BCUT2D eigenvalue weighted by Crippen LogP contribution is 2.69. The van der Waals surface area contributed by atoms with E-state index in [-0.39, 0.29) is 46.0 Å². The third-order valence-corrected chi connectivity index (χ3v) is 8.92. The molecular formula is C28H32N2O4. The van der Waals surface area contributed by atoms with Gasteiger partial charge in [0.15, 0.2) is 11.6 Å². The molecule has 4 atom stereocenters. The van der Waals surface area contributed by atoms with Gasteiger partial charge in [-0.2, -0.15) is 0 Å². The highest BCUT2D eigenvalue weighted by atomic mass is 16.2. The Morgan fingerprint density at radius 1 is 0.676 bits per heavy atom. The summed E-state index contributed by atoms with van der Waals surface area (Å²) >= 11 is 0. The Bertz CT molecular complexity index is 1120. The fourth-order valence-electron chi connectivity index (χ4n) is 6.72. The quantitative estimate of drug-likeness (QED) is 0.666. The highest BCUT2D eigenvalue weighted by molar-refractivity contribution is 6.02. The molecule has 4 aliphatic rings.